The molecule has 0 aromatic heterocycles. The SMILES string of the molecule is CCOc1cccc(N(CC(=O)NCCCOC(C)C)S(C)(=O)=O)c1. The molecule has 0 bridgehead atoms. The molecule has 1 aromatic rings. The zero-order valence-electron chi connectivity index (χ0n) is 15.3. The van der Waals surface area contributed by atoms with Gasteiger partial charge in [-0.15, -0.1) is 0 Å². The molecule has 0 fully saturated rings. The Morgan fingerprint density at radius 1 is 1.32 bits per heavy atom. The monoisotopic (exact) mass is 372 g/mol. The van der Waals surface area contributed by atoms with Crippen LogP contribution in [0.4, 0.5) is 5.69 Å². The first kappa shape index (κ1) is 21.2. The molecule has 0 aliphatic rings. The second kappa shape index (κ2) is 10.2. The average molecular weight is 372 g/mol. The van der Waals surface area contributed by atoms with Crippen LogP contribution in [-0.2, 0) is 19.6 Å². The van der Waals surface area contributed by atoms with Crippen LogP contribution in [0.3, 0.4) is 0 Å². The average Bonchev–Trinajstić information content (AvgIpc) is 2.51. The van der Waals surface area contributed by atoms with E-state index >= 15 is 0 Å². The first-order valence-corrected chi connectivity index (χ1v) is 10.2. The number of benzene rings is 1. The van der Waals surface area contributed by atoms with Gasteiger partial charge in [0.15, 0.2) is 0 Å². The minimum absolute atomic E-state index is 0.147. The molecule has 0 heterocycles. The van der Waals surface area contributed by atoms with Crippen molar-refractivity contribution in [3.8, 4) is 5.75 Å². The Balaban J connectivity index is 2.68. The lowest BCUT2D eigenvalue weighted by Crippen LogP contribution is -2.40. The summed E-state index contributed by atoms with van der Waals surface area (Å²) >= 11 is 0. The zero-order chi connectivity index (χ0) is 18.9. The molecule has 0 aliphatic heterocycles. The van der Waals surface area contributed by atoms with Crippen LogP contribution in [0.15, 0.2) is 24.3 Å². The number of sulfonamides is 1. The Kier molecular flexibility index (Phi) is 8.71. The Morgan fingerprint density at radius 3 is 2.64 bits per heavy atom. The number of amides is 1. The normalized spacial score (nSPS) is 11.4. The van der Waals surface area contributed by atoms with Gasteiger partial charge >= 0.3 is 0 Å². The van der Waals surface area contributed by atoms with Gasteiger partial charge in [-0.1, -0.05) is 6.07 Å². The lowest BCUT2D eigenvalue weighted by atomic mass is 10.3. The fourth-order valence-corrected chi connectivity index (χ4v) is 2.95. The third kappa shape index (κ3) is 8.22. The van der Waals surface area contributed by atoms with Crippen molar-refractivity contribution in [3.63, 3.8) is 0 Å². The first-order chi connectivity index (χ1) is 11.7. The molecular formula is C17H28N2O5S. The highest BCUT2D eigenvalue weighted by molar-refractivity contribution is 7.92. The second-order valence-electron chi connectivity index (χ2n) is 5.82. The number of carbonyl (C=O) groups is 1. The summed E-state index contributed by atoms with van der Waals surface area (Å²) in [5.74, 6) is 0.191. The minimum Gasteiger partial charge on any atom is -0.494 e. The standard InChI is InChI=1S/C17H28N2O5S/c1-5-23-16-9-6-8-15(12-16)19(25(4,21)22)13-17(20)18-10-7-11-24-14(2)3/h6,8-9,12,14H,5,7,10-11,13H2,1-4H3,(H,18,20). The molecule has 7 nitrogen and oxygen atoms in total. The van der Waals surface area contributed by atoms with Crippen molar-refractivity contribution in [2.45, 2.75) is 33.3 Å². The van der Waals surface area contributed by atoms with Crippen molar-refractivity contribution in [1.29, 1.82) is 0 Å². The maximum atomic E-state index is 12.1. The van der Waals surface area contributed by atoms with Crippen LogP contribution in [0.1, 0.15) is 27.2 Å². The number of nitrogens with one attached hydrogen (secondary N) is 1. The van der Waals surface area contributed by atoms with Crippen molar-refractivity contribution in [3.05, 3.63) is 24.3 Å². The Bertz CT molecular complexity index is 646. The van der Waals surface area contributed by atoms with Crippen LogP contribution in [-0.4, -0.2) is 53.0 Å². The molecule has 8 heteroatoms. The number of rotatable bonds is 11. The van der Waals surface area contributed by atoms with Crippen LogP contribution in [0.5, 0.6) is 5.75 Å². The topological polar surface area (TPSA) is 84.9 Å². The van der Waals surface area contributed by atoms with E-state index in [-0.39, 0.29) is 18.6 Å². The third-order valence-electron chi connectivity index (χ3n) is 3.20. The molecule has 1 rings (SSSR count). The zero-order valence-corrected chi connectivity index (χ0v) is 16.1. The summed E-state index contributed by atoms with van der Waals surface area (Å²) in [5.41, 5.74) is 0.395. The summed E-state index contributed by atoms with van der Waals surface area (Å²) < 4.78 is 36.0. The van der Waals surface area contributed by atoms with E-state index in [0.29, 0.717) is 37.6 Å². The maximum Gasteiger partial charge on any atom is 0.240 e. The van der Waals surface area contributed by atoms with Gasteiger partial charge in [0.1, 0.15) is 12.3 Å². The fraction of sp³-hybridized carbons (Fsp3) is 0.588. The number of carbonyl (C=O) groups excluding carboxylic acids is 1. The van der Waals surface area contributed by atoms with Gasteiger partial charge in [-0.2, -0.15) is 0 Å². The van der Waals surface area contributed by atoms with Crippen LogP contribution < -0.4 is 14.4 Å². The molecule has 0 atom stereocenters. The van der Waals surface area contributed by atoms with Crippen LogP contribution in [0, 0.1) is 0 Å². The van der Waals surface area contributed by atoms with Crippen LogP contribution in [0.25, 0.3) is 0 Å². The predicted molar refractivity (Wildman–Crippen MR) is 98.5 cm³/mol. The molecule has 0 saturated carbocycles. The smallest absolute Gasteiger partial charge is 0.240 e. The molecule has 0 aliphatic carbocycles. The van der Waals surface area contributed by atoms with E-state index in [0.717, 1.165) is 10.6 Å². The Morgan fingerprint density at radius 2 is 2.04 bits per heavy atom. The summed E-state index contributed by atoms with van der Waals surface area (Å²) in [5, 5.41) is 2.71. The molecule has 1 N–H and O–H groups in total. The number of nitrogens with zero attached hydrogens (tertiary/aromatic N) is 1. The first-order valence-electron chi connectivity index (χ1n) is 8.33. The van der Waals surface area contributed by atoms with Gasteiger partial charge < -0.3 is 14.8 Å². The Hall–Kier alpha value is -1.80. The third-order valence-corrected chi connectivity index (χ3v) is 4.34. The minimum atomic E-state index is -3.60. The maximum absolute atomic E-state index is 12.1. The number of hydrogen-bond donors (Lipinski definition) is 1. The van der Waals surface area contributed by atoms with Gasteiger partial charge in [-0.25, -0.2) is 8.42 Å². The van der Waals surface area contributed by atoms with Crippen LogP contribution in [0.2, 0.25) is 0 Å². The number of ether oxygens (including phenoxy) is 2. The molecule has 0 unspecified atom stereocenters. The molecule has 0 saturated heterocycles. The van der Waals surface area contributed by atoms with Crippen molar-refractivity contribution < 1.29 is 22.7 Å². The highest BCUT2D eigenvalue weighted by Crippen LogP contribution is 2.23. The van der Waals surface area contributed by atoms with E-state index in [2.05, 4.69) is 5.32 Å². The van der Waals surface area contributed by atoms with Crippen molar-refractivity contribution in [2.75, 3.05) is 36.9 Å². The van der Waals surface area contributed by atoms with E-state index in [1.807, 2.05) is 20.8 Å². The van der Waals surface area contributed by atoms with Gasteiger partial charge in [0.25, 0.3) is 0 Å². The lowest BCUT2D eigenvalue weighted by molar-refractivity contribution is -0.119. The molecule has 0 spiro atoms. The van der Waals surface area contributed by atoms with Crippen molar-refractivity contribution in [1.82, 2.24) is 5.32 Å². The molecule has 1 aromatic carbocycles. The summed E-state index contributed by atoms with van der Waals surface area (Å²) in [6, 6.07) is 6.67. The number of anilines is 1. The van der Waals surface area contributed by atoms with Gasteiger partial charge in [0.05, 0.1) is 24.7 Å². The van der Waals surface area contributed by atoms with Crippen LogP contribution >= 0.6 is 0 Å². The van der Waals surface area contributed by atoms with E-state index in [1.54, 1.807) is 24.3 Å². The van der Waals surface area contributed by atoms with Gasteiger partial charge in [-0.3, -0.25) is 9.10 Å². The van der Waals surface area contributed by atoms with E-state index < -0.39 is 10.0 Å². The van der Waals surface area contributed by atoms with Gasteiger partial charge in [0.2, 0.25) is 15.9 Å². The van der Waals surface area contributed by atoms with Crippen molar-refractivity contribution >= 4 is 21.6 Å². The summed E-state index contributed by atoms with van der Waals surface area (Å²) in [7, 11) is -3.60. The van der Waals surface area contributed by atoms with Gasteiger partial charge in [0, 0.05) is 19.2 Å². The molecular weight excluding hydrogens is 344 g/mol. The molecule has 25 heavy (non-hydrogen) atoms. The highest BCUT2D eigenvalue weighted by atomic mass is 32.2. The lowest BCUT2D eigenvalue weighted by Gasteiger charge is -2.22. The molecule has 0 radical (unpaired) electrons. The summed E-state index contributed by atoms with van der Waals surface area (Å²) in [6.45, 7) is 6.91. The van der Waals surface area contributed by atoms with Crippen molar-refractivity contribution in [2.24, 2.45) is 0 Å². The largest absolute Gasteiger partial charge is 0.494 e. The van der Waals surface area contributed by atoms with E-state index in [4.69, 9.17) is 9.47 Å². The van der Waals surface area contributed by atoms with E-state index in [1.165, 1.54) is 0 Å². The Labute approximate surface area is 150 Å². The number of hydrogen-bond acceptors (Lipinski definition) is 5. The summed E-state index contributed by atoms with van der Waals surface area (Å²) in [6.07, 6.45) is 1.89. The predicted octanol–water partition coefficient (Wildman–Crippen LogP) is 1.78. The second-order valence-corrected chi connectivity index (χ2v) is 7.73. The molecule has 1 amide bonds. The fourth-order valence-electron chi connectivity index (χ4n) is 2.10. The van der Waals surface area contributed by atoms with Gasteiger partial charge in [-0.05, 0) is 39.3 Å². The molecule has 142 valence electrons. The quantitative estimate of drug-likeness (QED) is 0.599. The summed E-state index contributed by atoms with van der Waals surface area (Å²) in [4.78, 5) is 12.1. The van der Waals surface area contributed by atoms with E-state index in [9.17, 15) is 13.2 Å². The highest BCUT2D eigenvalue weighted by Gasteiger charge is 2.21.